The number of amides is 2. The molecule has 3 N–H and O–H groups in total. The average Bonchev–Trinajstić information content (AvgIpc) is 3.52. The predicted molar refractivity (Wildman–Crippen MR) is 165 cm³/mol. The molecule has 2 amide bonds. The summed E-state index contributed by atoms with van der Waals surface area (Å²) in [5.74, 6) is 0.295. The van der Waals surface area contributed by atoms with Crippen molar-refractivity contribution in [3.63, 3.8) is 0 Å². The van der Waals surface area contributed by atoms with Crippen LogP contribution in [0.25, 0.3) is 11.1 Å². The fraction of sp³-hybridized carbons (Fsp3) is 0.303. The summed E-state index contributed by atoms with van der Waals surface area (Å²) >= 11 is 0. The number of benzene rings is 2. The summed E-state index contributed by atoms with van der Waals surface area (Å²) < 4.78 is 6.95. The molecule has 4 rings (SSSR count). The van der Waals surface area contributed by atoms with Crippen molar-refractivity contribution in [3.8, 4) is 17.2 Å². The molecule has 4 aromatic rings. The van der Waals surface area contributed by atoms with Crippen LogP contribution in [0.2, 0.25) is 0 Å². The highest BCUT2D eigenvalue weighted by Crippen LogP contribution is 2.22. The number of pyridine rings is 1. The van der Waals surface area contributed by atoms with Gasteiger partial charge >= 0.3 is 0 Å². The zero-order valence-electron chi connectivity index (χ0n) is 24.5. The first-order valence-corrected chi connectivity index (χ1v) is 14.4. The minimum absolute atomic E-state index is 0.0504. The Kier molecular flexibility index (Phi) is 11.5. The Morgan fingerprint density at radius 1 is 1.00 bits per heavy atom. The molecule has 2 unspecified atom stereocenters. The van der Waals surface area contributed by atoms with Gasteiger partial charge in [0.1, 0.15) is 11.9 Å². The van der Waals surface area contributed by atoms with Crippen molar-refractivity contribution in [2.24, 2.45) is 0 Å². The van der Waals surface area contributed by atoms with Gasteiger partial charge in [0.25, 0.3) is 0 Å². The van der Waals surface area contributed by atoms with Crippen LogP contribution in [0.4, 0.5) is 5.82 Å². The largest absolute Gasteiger partial charge is 0.380 e. The van der Waals surface area contributed by atoms with Gasteiger partial charge in [-0.25, -0.2) is 4.98 Å². The van der Waals surface area contributed by atoms with E-state index < -0.39 is 6.04 Å². The van der Waals surface area contributed by atoms with E-state index in [9.17, 15) is 9.59 Å². The highest BCUT2D eigenvalue weighted by molar-refractivity contribution is 5.95. The number of aryl methyl sites for hydroxylation is 1. The Balaban J connectivity index is 1.34. The van der Waals surface area contributed by atoms with E-state index in [1.807, 2.05) is 61.7 Å². The van der Waals surface area contributed by atoms with E-state index >= 15 is 0 Å². The summed E-state index contributed by atoms with van der Waals surface area (Å²) in [6, 6.07) is 22.3. The van der Waals surface area contributed by atoms with E-state index in [2.05, 4.69) is 39.0 Å². The molecular weight excluding hydrogens is 542 g/mol. The fourth-order valence-electron chi connectivity index (χ4n) is 4.49. The number of ether oxygens (including phenoxy) is 1. The van der Waals surface area contributed by atoms with Crippen molar-refractivity contribution < 1.29 is 14.3 Å². The van der Waals surface area contributed by atoms with Gasteiger partial charge in [-0.05, 0) is 48.2 Å². The van der Waals surface area contributed by atoms with Crippen molar-refractivity contribution in [2.75, 3.05) is 31.6 Å². The third-order valence-electron chi connectivity index (χ3n) is 6.95. The van der Waals surface area contributed by atoms with Gasteiger partial charge in [0.15, 0.2) is 0 Å². The number of carbonyl (C=O) groups is 2. The second kappa shape index (κ2) is 16.0. The van der Waals surface area contributed by atoms with Gasteiger partial charge < -0.3 is 20.7 Å². The van der Waals surface area contributed by atoms with Crippen LogP contribution in [-0.4, -0.2) is 52.9 Å². The van der Waals surface area contributed by atoms with Crippen LogP contribution in [0, 0.1) is 11.3 Å². The summed E-state index contributed by atoms with van der Waals surface area (Å²) in [5.41, 5.74) is 4.26. The van der Waals surface area contributed by atoms with E-state index in [-0.39, 0.29) is 17.7 Å². The molecule has 0 fully saturated rings. The number of hydrogen-bond acceptors (Lipinski definition) is 7. The number of carbonyl (C=O) groups excluding carboxylic acids is 2. The summed E-state index contributed by atoms with van der Waals surface area (Å²) in [6.07, 6.45) is 5.61. The number of nitrogens with zero attached hydrogens (tertiary/aromatic N) is 4. The van der Waals surface area contributed by atoms with E-state index in [0.29, 0.717) is 50.7 Å². The van der Waals surface area contributed by atoms with Crippen LogP contribution in [-0.2, 0) is 20.9 Å². The third-order valence-corrected chi connectivity index (χ3v) is 6.95. The number of rotatable bonds is 15. The van der Waals surface area contributed by atoms with Crippen LogP contribution in [0.3, 0.4) is 0 Å². The summed E-state index contributed by atoms with van der Waals surface area (Å²) in [6.45, 7) is 6.63. The lowest BCUT2D eigenvalue weighted by Crippen LogP contribution is -2.35. The van der Waals surface area contributed by atoms with Gasteiger partial charge in [0, 0.05) is 56.2 Å². The molecule has 0 bridgehead atoms. The zero-order valence-corrected chi connectivity index (χ0v) is 24.5. The Hall–Kier alpha value is -4.85. The quantitative estimate of drug-likeness (QED) is 0.177. The molecule has 2 aromatic heterocycles. The first kappa shape index (κ1) is 31.1. The smallest absolute Gasteiger partial charge is 0.247 e. The minimum Gasteiger partial charge on any atom is -0.380 e. The topological polar surface area (TPSA) is 134 Å². The molecule has 43 heavy (non-hydrogen) atoms. The fourth-order valence-corrected chi connectivity index (χ4v) is 4.49. The second-order valence-corrected chi connectivity index (χ2v) is 10.1. The molecule has 10 nitrogen and oxygen atoms in total. The average molecular weight is 580 g/mol. The number of anilines is 1. The van der Waals surface area contributed by atoms with E-state index in [4.69, 9.17) is 10.00 Å². The van der Waals surface area contributed by atoms with Crippen molar-refractivity contribution in [3.05, 3.63) is 102 Å². The van der Waals surface area contributed by atoms with Gasteiger partial charge in [0.05, 0.1) is 24.4 Å². The normalized spacial score (nSPS) is 12.2. The highest BCUT2D eigenvalue weighted by Gasteiger charge is 2.22. The van der Waals surface area contributed by atoms with Crippen LogP contribution >= 0.6 is 0 Å². The summed E-state index contributed by atoms with van der Waals surface area (Å²) in [4.78, 5) is 29.9. The van der Waals surface area contributed by atoms with Gasteiger partial charge in [-0.15, -0.1) is 0 Å². The standard InChI is InChI=1S/C33H37N7O3/c1-3-43-18-16-35-31(41)15-17-40-23-29(22-38-40)28-13-14-30(36-21-28)39-33(42)32(27-7-5-4-6-8-27)37-20-24(2)26-11-9-25(19-34)10-12-26/h4-14,21-24,32,37H,3,15-18,20H2,1-2H3,(H,35,41)(H,36,39,42). The van der Waals surface area contributed by atoms with Gasteiger partial charge in [0.2, 0.25) is 11.8 Å². The lowest BCUT2D eigenvalue weighted by atomic mass is 9.98. The molecular formula is C33H37N7O3. The maximum atomic E-state index is 13.4. The first-order valence-electron chi connectivity index (χ1n) is 14.4. The maximum Gasteiger partial charge on any atom is 0.247 e. The van der Waals surface area contributed by atoms with Crippen molar-refractivity contribution in [1.29, 1.82) is 5.26 Å². The Labute approximate surface area is 252 Å². The molecule has 0 aliphatic carbocycles. The minimum atomic E-state index is -0.585. The molecule has 2 aromatic carbocycles. The molecule has 0 aliphatic heterocycles. The van der Waals surface area contributed by atoms with Crippen LogP contribution in [0.1, 0.15) is 48.9 Å². The zero-order chi connectivity index (χ0) is 30.4. The Morgan fingerprint density at radius 3 is 2.49 bits per heavy atom. The predicted octanol–water partition coefficient (Wildman–Crippen LogP) is 4.43. The lowest BCUT2D eigenvalue weighted by Gasteiger charge is -2.21. The van der Waals surface area contributed by atoms with E-state index in [1.54, 1.807) is 35.3 Å². The molecule has 0 aliphatic rings. The number of nitriles is 1. The molecule has 10 heteroatoms. The summed E-state index contributed by atoms with van der Waals surface area (Å²) in [5, 5.41) is 22.6. The van der Waals surface area contributed by atoms with Gasteiger partial charge in [-0.3, -0.25) is 14.3 Å². The van der Waals surface area contributed by atoms with E-state index in [1.165, 1.54) is 0 Å². The first-order chi connectivity index (χ1) is 21.0. The maximum absolute atomic E-state index is 13.4. The van der Waals surface area contributed by atoms with Crippen LogP contribution in [0.15, 0.2) is 85.3 Å². The monoisotopic (exact) mass is 579 g/mol. The van der Waals surface area contributed by atoms with E-state index in [0.717, 1.165) is 22.3 Å². The van der Waals surface area contributed by atoms with Crippen LogP contribution < -0.4 is 16.0 Å². The molecule has 2 heterocycles. The summed E-state index contributed by atoms with van der Waals surface area (Å²) in [7, 11) is 0. The molecule has 0 radical (unpaired) electrons. The Morgan fingerprint density at radius 2 is 1.79 bits per heavy atom. The Bertz CT molecular complexity index is 1500. The number of hydrogen-bond donors (Lipinski definition) is 3. The molecule has 0 spiro atoms. The third kappa shape index (κ3) is 9.33. The van der Waals surface area contributed by atoms with Crippen LogP contribution in [0.5, 0.6) is 0 Å². The molecule has 0 saturated carbocycles. The van der Waals surface area contributed by atoms with Crippen molar-refractivity contribution >= 4 is 17.6 Å². The number of aromatic nitrogens is 3. The van der Waals surface area contributed by atoms with Crippen molar-refractivity contribution in [1.82, 2.24) is 25.4 Å². The molecule has 0 saturated heterocycles. The molecule has 222 valence electrons. The van der Waals surface area contributed by atoms with Gasteiger partial charge in [-0.2, -0.15) is 10.4 Å². The molecule has 2 atom stereocenters. The lowest BCUT2D eigenvalue weighted by molar-refractivity contribution is -0.121. The van der Waals surface area contributed by atoms with Crippen molar-refractivity contribution in [2.45, 2.75) is 38.8 Å². The highest BCUT2D eigenvalue weighted by atomic mass is 16.5. The van der Waals surface area contributed by atoms with Gasteiger partial charge in [-0.1, -0.05) is 49.4 Å². The SMILES string of the molecule is CCOCCNC(=O)CCn1cc(-c2ccc(NC(=O)C(NCC(C)c3ccc(C#N)cc3)c3ccccc3)nc2)cn1. The second-order valence-electron chi connectivity index (χ2n) is 10.1. The number of nitrogens with one attached hydrogen (secondary N) is 3.